The van der Waals surface area contributed by atoms with Gasteiger partial charge in [-0.3, -0.25) is 0 Å². The second kappa shape index (κ2) is 6.80. The molecule has 0 radical (unpaired) electrons. The topological polar surface area (TPSA) is 20.2 Å². The first kappa shape index (κ1) is 12.6. The molecule has 1 aliphatic carbocycles. The van der Waals surface area contributed by atoms with Gasteiger partial charge in [0, 0.05) is 6.61 Å². The standard InChI is InChI=1S/C16H24O/c17-12-6-8-14-7-5-11-16(13-14)15-9-3-1-2-4-10-15/h5,7,11,13,15,17H,1-4,6,8-10,12H2. The normalized spacial score (nSPS) is 17.9. The van der Waals surface area contributed by atoms with E-state index in [1.165, 1.54) is 49.7 Å². The van der Waals surface area contributed by atoms with Crippen molar-refractivity contribution in [3.63, 3.8) is 0 Å². The van der Waals surface area contributed by atoms with Crippen molar-refractivity contribution < 1.29 is 5.11 Å². The van der Waals surface area contributed by atoms with E-state index in [-0.39, 0.29) is 0 Å². The molecule has 1 fully saturated rings. The maximum absolute atomic E-state index is 8.88. The zero-order chi connectivity index (χ0) is 11.9. The first-order chi connectivity index (χ1) is 8.40. The number of aliphatic hydroxyl groups excluding tert-OH is 1. The van der Waals surface area contributed by atoms with Crippen molar-refractivity contribution in [2.45, 2.75) is 57.3 Å². The monoisotopic (exact) mass is 232 g/mol. The molecule has 1 saturated carbocycles. The first-order valence-electron chi connectivity index (χ1n) is 7.10. The van der Waals surface area contributed by atoms with Gasteiger partial charge in [-0.25, -0.2) is 0 Å². The quantitative estimate of drug-likeness (QED) is 0.776. The Kier molecular flexibility index (Phi) is 5.06. The summed E-state index contributed by atoms with van der Waals surface area (Å²) < 4.78 is 0. The van der Waals surface area contributed by atoms with E-state index in [0.29, 0.717) is 6.61 Å². The summed E-state index contributed by atoms with van der Waals surface area (Å²) in [5.41, 5.74) is 2.92. The largest absolute Gasteiger partial charge is 0.396 e. The Bertz CT molecular complexity index is 324. The van der Waals surface area contributed by atoms with Gasteiger partial charge in [-0.05, 0) is 42.7 Å². The van der Waals surface area contributed by atoms with Gasteiger partial charge >= 0.3 is 0 Å². The molecule has 0 bridgehead atoms. The van der Waals surface area contributed by atoms with Gasteiger partial charge in [-0.15, -0.1) is 0 Å². The molecule has 0 spiro atoms. The highest BCUT2D eigenvalue weighted by Gasteiger charge is 2.14. The van der Waals surface area contributed by atoms with Gasteiger partial charge in [-0.1, -0.05) is 49.9 Å². The fourth-order valence-corrected chi connectivity index (χ4v) is 2.90. The van der Waals surface area contributed by atoms with E-state index in [9.17, 15) is 0 Å². The van der Waals surface area contributed by atoms with Crippen LogP contribution in [-0.4, -0.2) is 11.7 Å². The molecule has 17 heavy (non-hydrogen) atoms. The summed E-state index contributed by atoms with van der Waals surface area (Å²) in [7, 11) is 0. The van der Waals surface area contributed by atoms with Crippen LogP contribution in [0.2, 0.25) is 0 Å². The summed E-state index contributed by atoms with van der Waals surface area (Å²) in [5.74, 6) is 0.784. The molecule has 0 aromatic heterocycles. The van der Waals surface area contributed by atoms with E-state index in [2.05, 4.69) is 24.3 Å². The van der Waals surface area contributed by atoms with E-state index in [0.717, 1.165) is 18.8 Å². The highest BCUT2D eigenvalue weighted by Crippen LogP contribution is 2.31. The lowest BCUT2D eigenvalue weighted by Gasteiger charge is -2.15. The van der Waals surface area contributed by atoms with Crippen molar-refractivity contribution in [2.24, 2.45) is 0 Å². The highest BCUT2D eigenvalue weighted by atomic mass is 16.2. The van der Waals surface area contributed by atoms with Gasteiger partial charge in [-0.2, -0.15) is 0 Å². The van der Waals surface area contributed by atoms with Gasteiger partial charge in [0.05, 0.1) is 0 Å². The average molecular weight is 232 g/mol. The van der Waals surface area contributed by atoms with Crippen molar-refractivity contribution >= 4 is 0 Å². The number of rotatable bonds is 4. The molecular weight excluding hydrogens is 208 g/mol. The number of hydrogen-bond acceptors (Lipinski definition) is 1. The molecule has 0 amide bonds. The Morgan fingerprint density at radius 2 is 1.82 bits per heavy atom. The lowest BCUT2D eigenvalue weighted by Crippen LogP contribution is -1.98. The fraction of sp³-hybridized carbons (Fsp3) is 0.625. The molecule has 94 valence electrons. The number of aliphatic hydroxyl groups is 1. The number of aryl methyl sites for hydroxylation is 1. The molecule has 0 aliphatic heterocycles. The zero-order valence-corrected chi connectivity index (χ0v) is 10.7. The predicted molar refractivity (Wildman–Crippen MR) is 72.3 cm³/mol. The maximum atomic E-state index is 8.88. The molecule has 0 atom stereocenters. The van der Waals surface area contributed by atoms with Crippen LogP contribution in [0.25, 0.3) is 0 Å². The lowest BCUT2D eigenvalue weighted by molar-refractivity contribution is 0.288. The second-order valence-electron chi connectivity index (χ2n) is 5.26. The van der Waals surface area contributed by atoms with Crippen LogP contribution in [0.15, 0.2) is 24.3 Å². The SMILES string of the molecule is OCCCc1cccc(C2CCCCCC2)c1. The van der Waals surface area contributed by atoms with Crippen molar-refractivity contribution in [1.82, 2.24) is 0 Å². The minimum absolute atomic E-state index is 0.299. The Balaban J connectivity index is 2.03. The molecule has 0 saturated heterocycles. The van der Waals surface area contributed by atoms with Crippen molar-refractivity contribution in [3.8, 4) is 0 Å². The summed E-state index contributed by atoms with van der Waals surface area (Å²) in [6.07, 6.45) is 10.2. The van der Waals surface area contributed by atoms with Crippen LogP contribution in [0.3, 0.4) is 0 Å². The minimum atomic E-state index is 0.299. The molecular formula is C16H24O. The van der Waals surface area contributed by atoms with Crippen LogP contribution < -0.4 is 0 Å². The molecule has 0 heterocycles. The van der Waals surface area contributed by atoms with Gasteiger partial charge in [0.1, 0.15) is 0 Å². The Labute approximate surface area is 105 Å². The van der Waals surface area contributed by atoms with Crippen LogP contribution in [0, 0.1) is 0 Å². The Hall–Kier alpha value is -0.820. The molecule has 1 aromatic carbocycles. The van der Waals surface area contributed by atoms with E-state index < -0.39 is 0 Å². The third-order valence-electron chi connectivity index (χ3n) is 3.90. The van der Waals surface area contributed by atoms with Crippen molar-refractivity contribution in [3.05, 3.63) is 35.4 Å². The molecule has 2 rings (SSSR count). The van der Waals surface area contributed by atoms with Crippen LogP contribution in [-0.2, 0) is 6.42 Å². The second-order valence-corrected chi connectivity index (χ2v) is 5.26. The van der Waals surface area contributed by atoms with E-state index in [1.54, 1.807) is 0 Å². The van der Waals surface area contributed by atoms with Crippen LogP contribution in [0.1, 0.15) is 62.0 Å². The summed E-state index contributed by atoms with van der Waals surface area (Å²) >= 11 is 0. The summed E-state index contributed by atoms with van der Waals surface area (Å²) in [6, 6.07) is 9.03. The van der Waals surface area contributed by atoms with E-state index >= 15 is 0 Å². The minimum Gasteiger partial charge on any atom is -0.396 e. The van der Waals surface area contributed by atoms with Crippen molar-refractivity contribution in [1.29, 1.82) is 0 Å². The third kappa shape index (κ3) is 3.85. The molecule has 0 unspecified atom stereocenters. The van der Waals surface area contributed by atoms with Gasteiger partial charge in [0.15, 0.2) is 0 Å². The summed E-state index contributed by atoms with van der Waals surface area (Å²) in [6.45, 7) is 0.299. The van der Waals surface area contributed by atoms with Crippen LogP contribution in [0.5, 0.6) is 0 Å². The summed E-state index contributed by atoms with van der Waals surface area (Å²) in [5, 5.41) is 8.88. The first-order valence-corrected chi connectivity index (χ1v) is 7.10. The maximum Gasteiger partial charge on any atom is 0.0434 e. The Morgan fingerprint density at radius 3 is 2.53 bits per heavy atom. The van der Waals surface area contributed by atoms with Crippen LogP contribution >= 0.6 is 0 Å². The average Bonchev–Trinajstić information content (AvgIpc) is 2.65. The zero-order valence-electron chi connectivity index (χ0n) is 10.7. The van der Waals surface area contributed by atoms with Crippen molar-refractivity contribution in [2.75, 3.05) is 6.61 Å². The fourth-order valence-electron chi connectivity index (χ4n) is 2.90. The predicted octanol–water partition coefficient (Wildman–Crippen LogP) is 4.05. The van der Waals surface area contributed by atoms with Gasteiger partial charge < -0.3 is 5.11 Å². The third-order valence-corrected chi connectivity index (χ3v) is 3.90. The molecule has 1 nitrogen and oxygen atoms in total. The summed E-state index contributed by atoms with van der Waals surface area (Å²) in [4.78, 5) is 0. The van der Waals surface area contributed by atoms with Crippen LogP contribution in [0.4, 0.5) is 0 Å². The number of hydrogen-bond donors (Lipinski definition) is 1. The lowest BCUT2D eigenvalue weighted by atomic mass is 9.90. The van der Waals surface area contributed by atoms with Gasteiger partial charge in [0.25, 0.3) is 0 Å². The number of benzene rings is 1. The highest BCUT2D eigenvalue weighted by molar-refractivity contribution is 5.26. The molecule has 1 N–H and O–H groups in total. The molecule has 1 aliphatic rings. The smallest absolute Gasteiger partial charge is 0.0434 e. The van der Waals surface area contributed by atoms with E-state index in [1.807, 2.05) is 0 Å². The van der Waals surface area contributed by atoms with E-state index in [4.69, 9.17) is 5.11 Å². The molecule has 1 aromatic rings. The van der Waals surface area contributed by atoms with Gasteiger partial charge in [0.2, 0.25) is 0 Å². The Morgan fingerprint density at radius 1 is 1.06 bits per heavy atom. The molecule has 1 heteroatoms.